The molecule has 1 aromatic rings. The van der Waals surface area contributed by atoms with E-state index in [-0.39, 0.29) is 12.0 Å². The van der Waals surface area contributed by atoms with Gasteiger partial charge in [-0.3, -0.25) is 0 Å². The molecule has 1 N–H and O–H groups in total. The van der Waals surface area contributed by atoms with Crippen molar-refractivity contribution in [3.63, 3.8) is 0 Å². The lowest BCUT2D eigenvalue weighted by Crippen LogP contribution is -2.49. The van der Waals surface area contributed by atoms with Gasteiger partial charge in [-0.25, -0.2) is 4.79 Å². The van der Waals surface area contributed by atoms with Crippen LogP contribution in [0.2, 0.25) is 0 Å². The predicted octanol–water partition coefficient (Wildman–Crippen LogP) is 3.14. The summed E-state index contributed by atoms with van der Waals surface area (Å²) in [6, 6.07) is 9.49. The summed E-state index contributed by atoms with van der Waals surface area (Å²) in [4.78, 5) is 14.4. The normalized spacial score (nSPS) is 17.7. The summed E-state index contributed by atoms with van der Waals surface area (Å²) in [5.41, 5.74) is 2.26. The van der Waals surface area contributed by atoms with Gasteiger partial charge in [0.1, 0.15) is 6.73 Å². The number of hydrogen-bond donors (Lipinski definition) is 1. The van der Waals surface area contributed by atoms with Gasteiger partial charge >= 0.3 is 5.97 Å². The number of rotatable bonds is 7. The van der Waals surface area contributed by atoms with Gasteiger partial charge in [0, 0.05) is 12.3 Å². The summed E-state index contributed by atoms with van der Waals surface area (Å²) in [6.07, 6.45) is 0.920. The minimum absolute atomic E-state index is 0.315. The number of benzene rings is 1. The van der Waals surface area contributed by atoms with Crippen LogP contribution in [-0.4, -0.2) is 35.9 Å². The second kappa shape index (κ2) is 8.80. The molecule has 1 heterocycles. The first-order valence-corrected chi connectivity index (χ1v) is 8.59. The van der Waals surface area contributed by atoms with Crippen molar-refractivity contribution in [3.8, 4) is 0 Å². The molecular formula is C18H24N2O3S. The molecule has 2 rings (SSSR count). The minimum Gasteiger partial charge on any atom is -0.463 e. The Morgan fingerprint density at radius 2 is 2.00 bits per heavy atom. The summed E-state index contributed by atoms with van der Waals surface area (Å²) in [7, 11) is 0. The molecule has 24 heavy (non-hydrogen) atoms. The Kier molecular flexibility index (Phi) is 6.75. The van der Waals surface area contributed by atoms with E-state index in [0.29, 0.717) is 30.6 Å². The van der Waals surface area contributed by atoms with Crippen LogP contribution in [0.1, 0.15) is 38.8 Å². The maximum absolute atomic E-state index is 12.5. The predicted molar refractivity (Wildman–Crippen MR) is 97.2 cm³/mol. The number of carbonyl (C=O) groups is 1. The molecule has 6 heteroatoms. The summed E-state index contributed by atoms with van der Waals surface area (Å²) >= 11 is 5.48. The molecule has 130 valence electrons. The zero-order valence-electron chi connectivity index (χ0n) is 14.4. The van der Waals surface area contributed by atoms with Crippen molar-refractivity contribution in [2.24, 2.45) is 0 Å². The number of allylic oxidation sites excluding steroid dienone is 1. The maximum atomic E-state index is 12.5. The van der Waals surface area contributed by atoms with Gasteiger partial charge in [0.05, 0.1) is 18.2 Å². The fourth-order valence-corrected chi connectivity index (χ4v) is 2.98. The van der Waals surface area contributed by atoms with Crippen LogP contribution in [0.25, 0.3) is 0 Å². The molecule has 5 nitrogen and oxygen atoms in total. The number of carbonyl (C=O) groups excluding carboxylic acids is 1. The summed E-state index contributed by atoms with van der Waals surface area (Å²) in [5, 5.41) is 3.65. The van der Waals surface area contributed by atoms with Crippen LogP contribution >= 0.6 is 12.2 Å². The third-order valence-corrected chi connectivity index (χ3v) is 4.07. The second-order valence-electron chi connectivity index (χ2n) is 5.51. The van der Waals surface area contributed by atoms with Crippen molar-refractivity contribution in [1.82, 2.24) is 10.2 Å². The standard InChI is InChI=1S/C18H24N2O3S/c1-4-11-22-12-20-16(14-9-7-6-8-10-14)15(17(21)23-5-2)13(3)19-18(20)24/h6-10,16H,4-5,11-12H2,1-3H3,(H,19,24). The Bertz CT molecular complexity index is 616. The number of hydrogen-bond acceptors (Lipinski definition) is 4. The van der Waals surface area contributed by atoms with Crippen LogP contribution in [0.3, 0.4) is 0 Å². The SMILES string of the molecule is CCCOCN1C(=S)NC(C)=C(C(=O)OCC)C1c1ccccc1. The molecule has 1 unspecified atom stereocenters. The first kappa shape index (κ1) is 18.4. The molecule has 1 aliphatic heterocycles. The zero-order valence-corrected chi connectivity index (χ0v) is 15.2. The molecule has 0 amide bonds. The Morgan fingerprint density at radius 1 is 1.29 bits per heavy atom. The molecule has 0 aliphatic carbocycles. The van der Waals surface area contributed by atoms with Crippen molar-refractivity contribution in [2.45, 2.75) is 33.2 Å². The molecule has 0 radical (unpaired) electrons. The van der Waals surface area contributed by atoms with Crippen LogP contribution in [0.15, 0.2) is 41.6 Å². The second-order valence-corrected chi connectivity index (χ2v) is 5.90. The van der Waals surface area contributed by atoms with Gasteiger partial charge in [0.2, 0.25) is 0 Å². The minimum atomic E-state index is -0.334. The highest BCUT2D eigenvalue weighted by Gasteiger charge is 2.36. The lowest BCUT2D eigenvalue weighted by molar-refractivity contribution is -0.139. The number of nitrogens with zero attached hydrogens (tertiary/aromatic N) is 1. The Labute approximate surface area is 148 Å². The summed E-state index contributed by atoms with van der Waals surface area (Å²) in [6.45, 7) is 6.98. The van der Waals surface area contributed by atoms with Crippen LogP contribution in [0, 0.1) is 0 Å². The zero-order chi connectivity index (χ0) is 17.5. The first-order chi connectivity index (χ1) is 11.6. The Hall–Kier alpha value is -1.92. The number of nitrogens with one attached hydrogen (secondary N) is 1. The average Bonchev–Trinajstić information content (AvgIpc) is 2.57. The van der Waals surface area contributed by atoms with Crippen LogP contribution < -0.4 is 5.32 Å². The molecule has 1 aliphatic rings. The van der Waals surface area contributed by atoms with Gasteiger partial charge in [-0.05, 0) is 38.0 Å². The average molecular weight is 348 g/mol. The first-order valence-electron chi connectivity index (χ1n) is 8.18. The van der Waals surface area contributed by atoms with Gasteiger partial charge in [0.25, 0.3) is 0 Å². The van der Waals surface area contributed by atoms with E-state index < -0.39 is 0 Å². The van der Waals surface area contributed by atoms with Crippen molar-refractivity contribution in [1.29, 1.82) is 0 Å². The molecule has 0 spiro atoms. The van der Waals surface area contributed by atoms with E-state index in [9.17, 15) is 4.79 Å². The van der Waals surface area contributed by atoms with Crippen molar-refractivity contribution >= 4 is 23.3 Å². The van der Waals surface area contributed by atoms with Gasteiger partial charge in [-0.15, -0.1) is 0 Å². The van der Waals surface area contributed by atoms with Crippen LogP contribution in [0.5, 0.6) is 0 Å². The largest absolute Gasteiger partial charge is 0.463 e. The lowest BCUT2D eigenvalue weighted by atomic mass is 9.94. The third-order valence-electron chi connectivity index (χ3n) is 3.73. The van der Waals surface area contributed by atoms with E-state index in [1.807, 2.05) is 42.2 Å². The van der Waals surface area contributed by atoms with Crippen molar-refractivity contribution in [2.75, 3.05) is 19.9 Å². The summed E-state index contributed by atoms with van der Waals surface area (Å²) < 4.78 is 11.0. The molecule has 1 aromatic carbocycles. The fraction of sp³-hybridized carbons (Fsp3) is 0.444. The fourth-order valence-electron chi connectivity index (χ4n) is 2.67. The van der Waals surface area contributed by atoms with E-state index in [1.165, 1.54) is 0 Å². The topological polar surface area (TPSA) is 50.8 Å². The highest BCUT2D eigenvalue weighted by Crippen LogP contribution is 2.34. The molecule has 0 fully saturated rings. The highest BCUT2D eigenvalue weighted by molar-refractivity contribution is 7.80. The van der Waals surface area contributed by atoms with Crippen molar-refractivity contribution in [3.05, 3.63) is 47.2 Å². The van der Waals surface area contributed by atoms with E-state index in [1.54, 1.807) is 6.92 Å². The maximum Gasteiger partial charge on any atom is 0.338 e. The van der Waals surface area contributed by atoms with E-state index >= 15 is 0 Å². The molecule has 0 aromatic heterocycles. The smallest absolute Gasteiger partial charge is 0.338 e. The van der Waals surface area contributed by atoms with Gasteiger partial charge in [0.15, 0.2) is 5.11 Å². The van der Waals surface area contributed by atoms with Crippen molar-refractivity contribution < 1.29 is 14.3 Å². The number of esters is 1. The molecular weight excluding hydrogens is 324 g/mol. The molecule has 0 bridgehead atoms. The van der Waals surface area contributed by atoms with Gasteiger partial charge in [-0.2, -0.15) is 0 Å². The molecule has 0 saturated carbocycles. The number of thiocarbonyl (C=S) groups is 1. The quantitative estimate of drug-likeness (QED) is 0.464. The van der Waals surface area contributed by atoms with Gasteiger partial charge < -0.3 is 19.7 Å². The monoisotopic (exact) mass is 348 g/mol. The Balaban J connectivity index is 2.43. The van der Waals surface area contributed by atoms with Crippen LogP contribution in [-0.2, 0) is 14.3 Å². The molecule has 0 saturated heterocycles. The van der Waals surface area contributed by atoms with E-state index in [4.69, 9.17) is 21.7 Å². The summed E-state index contributed by atoms with van der Waals surface area (Å²) in [5.74, 6) is -0.334. The van der Waals surface area contributed by atoms with Crippen LogP contribution in [0.4, 0.5) is 0 Å². The van der Waals surface area contributed by atoms with Gasteiger partial charge in [-0.1, -0.05) is 37.3 Å². The lowest BCUT2D eigenvalue weighted by Gasteiger charge is -2.39. The Morgan fingerprint density at radius 3 is 2.62 bits per heavy atom. The highest BCUT2D eigenvalue weighted by atomic mass is 32.1. The van der Waals surface area contributed by atoms with E-state index in [0.717, 1.165) is 17.7 Å². The number of ether oxygens (including phenoxy) is 2. The third kappa shape index (κ3) is 4.13. The van der Waals surface area contributed by atoms with E-state index in [2.05, 4.69) is 12.2 Å². The molecule has 1 atom stereocenters.